The fourth-order valence-electron chi connectivity index (χ4n) is 0.240. The molecule has 0 heterocycles. The Morgan fingerprint density at radius 3 is 2.55 bits per heavy atom. The van der Waals surface area contributed by atoms with E-state index in [9.17, 15) is 0 Å². The molecule has 0 aliphatic heterocycles. The van der Waals surface area contributed by atoms with E-state index in [1.54, 1.807) is 0 Å². The monoisotopic (exact) mass is 194 g/mol. The molecule has 0 aromatic heterocycles. The molecule has 0 rings (SSSR count). The van der Waals surface area contributed by atoms with E-state index >= 15 is 0 Å². The number of aliphatic hydroxyl groups is 2. The summed E-state index contributed by atoms with van der Waals surface area (Å²) in [7, 11) is 7.42. The lowest BCUT2D eigenvalue weighted by molar-refractivity contribution is 0.208. The molecule has 0 amide bonds. The van der Waals surface area contributed by atoms with Crippen molar-refractivity contribution in [3.63, 3.8) is 0 Å². The molecule has 4 nitrogen and oxygen atoms in total. The van der Waals surface area contributed by atoms with E-state index in [1.165, 1.54) is 10.8 Å². The molecule has 64 valence electrons. The fourth-order valence-corrected chi connectivity index (χ4v) is 2.16. The van der Waals surface area contributed by atoms with Gasteiger partial charge in [0, 0.05) is 12.3 Å². The summed E-state index contributed by atoms with van der Waals surface area (Å²) >= 11 is 0. The van der Waals surface area contributed by atoms with Gasteiger partial charge in [-0.3, -0.25) is 0 Å². The van der Waals surface area contributed by atoms with Crippen molar-refractivity contribution in [1.82, 2.24) is 0 Å². The van der Waals surface area contributed by atoms with Gasteiger partial charge in [0.25, 0.3) is 0 Å². The van der Waals surface area contributed by atoms with Crippen LogP contribution in [0.2, 0.25) is 0 Å². The van der Waals surface area contributed by atoms with E-state index in [0.717, 1.165) is 10.8 Å². The number of nitrogens with two attached hydrogens (primary N) is 2. The zero-order valence-corrected chi connectivity index (χ0v) is 7.57. The highest BCUT2D eigenvalue weighted by molar-refractivity contribution is 8.77. The zero-order valence-electron chi connectivity index (χ0n) is 5.93. The minimum absolute atomic E-state index is 0.0364. The van der Waals surface area contributed by atoms with Gasteiger partial charge < -0.3 is 21.7 Å². The quantitative estimate of drug-likeness (QED) is 0.240. The van der Waals surface area contributed by atoms with Crippen LogP contribution >= 0.6 is 21.6 Å². The summed E-state index contributed by atoms with van der Waals surface area (Å²) in [6.45, 7) is -0.0364. The maximum absolute atomic E-state index is 9.11. The Kier molecular flexibility index (Phi) is 5.58. The van der Waals surface area contributed by atoms with E-state index in [0.29, 0.717) is 5.75 Å². The van der Waals surface area contributed by atoms with Crippen LogP contribution in [0.1, 0.15) is 0 Å². The highest BCUT2D eigenvalue weighted by atomic mass is 33.1. The van der Waals surface area contributed by atoms with Crippen LogP contribution in [0.25, 0.3) is 0 Å². The van der Waals surface area contributed by atoms with Gasteiger partial charge in [0.1, 0.15) is 14.1 Å². The molecular weight excluding hydrogens is 183 g/mol. The number of aliphatic hydroxyl groups excluding tert-OH is 1. The molecule has 0 spiro atoms. The third-order valence-corrected chi connectivity index (χ3v) is 3.41. The molecule has 2 unspecified atom stereocenters. The summed E-state index contributed by atoms with van der Waals surface area (Å²) in [5.74, 6) is 0.310. The Morgan fingerprint density at radius 1 is 1.64 bits per heavy atom. The Bertz CT molecular complexity index is 114. The highest BCUT2D eigenvalue weighted by Gasteiger charge is 2.18. The van der Waals surface area contributed by atoms with Crippen molar-refractivity contribution in [1.29, 1.82) is 0 Å². The van der Waals surface area contributed by atoms with Crippen LogP contribution in [0, 0.1) is 0 Å². The van der Waals surface area contributed by atoms with Crippen molar-refractivity contribution < 1.29 is 10.2 Å². The van der Waals surface area contributed by atoms with Crippen LogP contribution in [0.4, 0.5) is 0 Å². The molecule has 11 heavy (non-hydrogen) atoms. The lowest BCUT2D eigenvalue weighted by atomic mass is 10.0. The molecule has 0 aliphatic rings. The van der Waals surface area contributed by atoms with E-state index in [-0.39, 0.29) is 6.54 Å². The molecule has 0 bridgehead atoms. The Balaban J connectivity index is 3.38. The molecule has 0 fully saturated rings. The van der Waals surface area contributed by atoms with Gasteiger partial charge in [0.2, 0.25) is 0 Å². The maximum Gasteiger partial charge on any atom is 0.131 e. The van der Waals surface area contributed by atoms with Crippen LogP contribution in [0.15, 0.2) is 0 Å². The second-order valence-corrected chi connectivity index (χ2v) is 4.63. The van der Waals surface area contributed by atoms with E-state index in [2.05, 4.69) is 0 Å². The van der Waals surface area contributed by atoms with Crippen LogP contribution in [-0.2, 0) is 0 Å². The van der Waals surface area contributed by atoms with Gasteiger partial charge in [-0.2, -0.15) is 0 Å². The minimum Gasteiger partial charge on any atom is -0.387 e. The number of hydrogen-bond donors (Lipinski definition) is 4. The van der Waals surface area contributed by atoms with Crippen LogP contribution in [0.5, 0.6) is 0 Å². The normalized spacial score (nSPS) is 19.3. The second-order valence-electron chi connectivity index (χ2n) is 1.98. The molecule has 0 aromatic carbocycles. The van der Waals surface area contributed by atoms with Crippen molar-refractivity contribution in [3.05, 3.63) is 0 Å². The lowest BCUT2D eigenvalue weighted by Crippen LogP contribution is -2.33. The fraction of sp³-hybridized carbons (Fsp3) is 1.00. The topological polar surface area (TPSA) is 92.5 Å². The number of hydrogen-bond acceptors (Lipinski definition) is 6. The van der Waals surface area contributed by atoms with Gasteiger partial charge >= 0.3 is 0 Å². The summed E-state index contributed by atoms with van der Waals surface area (Å²) in [5.41, 5.74) is 10.2. The standard InChI is InChI=1S/C4H11BN2O2S2/c5-4(9,2-6)11-10-1-3(7)8/h3,8-9H,1-2,6-7H2. The van der Waals surface area contributed by atoms with Gasteiger partial charge in [0.15, 0.2) is 0 Å². The molecule has 0 saturated carbocycles. The molecule has 0 aliphatic carbocycles. The predicted octanol–water partition coefficient (Wildman–Crippen LogP) is -1.58. The smallest absolute Gasteiger partial charge is 0.131 e. The predicted molar refractivity (Wildman–Crippen MR) is 50.0 cm³/mol. The van der Waals surface area contributed by atoms with Crippen molar-refractivity contribution in [2.24, 2.45) is 11.5 Å². The molecule has 2 radical (unpaired) electrons. The average Bonchev–Trinajstić information content (AvgIpc) is 1.87. The maximum atomic E-state index is 9.11. The van der Waals surface area contributed by atoms with Crippen LogP contribution < -0.4 is 11.5 Å². The first-order chi connectivity index (χ1) is 4.98. The van der Waals surface area contributed by atoms with Crippen LogP contribution in [-0.4, -0.2) is 41.4 Å². The third kappa shape index (κ3) is 6.98. The minimum atomic E-state index is -1.43. The Labute approximate surface area is 74.9 Å². The summed E-state index contributed by atoms with van der Waals surface area (Å²) in [5, 5.41) is 17.7. The molecule has 0 aromatic rings. The SMILES string of the molecule is [B]C(O)(CN)SSCC(N)O. The first-order valence-corrected chi connectivity index (χ1v) is 5.25. The van der Waals surface area contributed by atoms with E-state index < -0.39 is 11.1 Å². The largest absolute Gasteiger partial charge is 0.387 e. The highest BCUT2D eigenvalue weighted by Crippen LogP contribution is 2.30. The van der Waals surface area contributed by atoms with Crippen molar-refractivity contribution in [3.8, 4) is 0 Å². The average molecular weight is 194 g/mol. The lowest BCUT2D eigenvalue weighted by Gasteiger charge is -2.19. The zero-order chi connectivity index (χ0) is 8.91. The van der Waals surface area contributed by atoms with Crippen molar-refractivity contribution >= 4 is 29.4 Å². The summed E-state index contributed by atoms with van der Waals surface area (Å²) in [4.78, 5) is -1.43. The Hall–Kier alpha value is 0.605. The summed E-state index contributed by atoms with van der Waals surface area (Å²) in [6, 6.07) is 0. The molecule has 6 N–H and O–H groups in total. The molecular formula is C4H11BN2O2S2. The van der Waals surface area contributed by atoms with Gasteiger partial charge in [-0.15, -0.1) is 0 Å². The van der Waals surface area contributed by atoms with Gasteiger partial charge in [-0.25, -0.2) is 0 Å². The molecule has 0 saturated heterocycles. The van der Waals surface area contributed by atoms with Crippen molar-refractivity contribution in [2.45, 2.75) is 11.1 Å². The van der Waals surface area contributed by atoms with Gasteiger partial charge in [-0.05, 0) is 0 Å². The third-order valence-electron chi connectivity index (χ3n) is 0.735. The summed E-state index contributed by atoms with van der Waals surface area (Å²) < 4.78 is 0. The van der Waals surface area contributed by atoms with E-state index in [1.807, 2.05) is 0 Å². The first kappa shape index (κ1) is 11.6. The summed E-state index contributed by atoms with van der Waals surface area (Å²) in [6.07, 6.45) is -0.888. The van der Waals surface area contributed by atoms with Gasteiger partial charge in [0.05, 0.1) is 4.83 Å². The molecule has 2 atom stereocenters. The van der Waals surface area contributed by atoms with Gasteiger partial charge in [-0.1, -0.05) is 21.6 Å². The first-order valence-electron chi connectivity index (χ1n) is 2.93. The molecule has 7 heteroatoms. The Morgan fingerprint density at radius 2 is 2.18 bits per heavy atom. The van der Waals surface area contributed by atoms with Crippen LogP contribution in [0.3, 0.4) is 0 Å². The van der Waals surface area contributed by atoms with Crippen molar-refractivity contribution in [2.75, 3.05) is 12.3 Å². The second kappa shape index (κ2) is 5.29. The van der Waals surface area contributed by atoms with E-state index in [4.69, 9.17) is 29.5 Å². The number of rotatable bonds is 5.